The Hall–Kier alpha value is -3.86. The lowest BCUT2D eigenvalue weighted by Gasteiger charge is -2.06. The van der Waals surface area contributed by atoms with Crippen LogP contribution >= 0.6 is 0 Å². The smallest absolute Gasteiger partial charge is 0.273 e. The van der Waals surface area contributed by atoms with Crippen LogP contribution in [0.5, 0.6) is 5.75 Å². The lowest BCUT2D eigenvalue weighted by Crippen LogP contribution is -2.24. The van der Waals surface area contributed by atoms with Crippen LogP contribution in [0, 0.1) is 5.82 Å². The van der Waals surface area contributed by atoms with Crippen LogP contribution in [-0.2, 0) is 19.5 Å². The van der Waals surface area contributed by atoms with Crippen LogP contribution in [0.2, 0.25) is 0 Å². The number of imidazole rings is 1. The molecule has 4 aromatic rings. The summed E-state index contributed by atoms with van der Waals surface area (Å²) in [6, 6.07) is 3.54. The van der Waals surface area contributed by atoms with Gasteiger partial charge in [0.2, 0.25) is 0 Å². The zero-order chi connectivity index (χ0) is 23.7. The molecule has 4 aromatic heterocycles. The third-order valence-electron chi connectivity index (χ3n) is 5.79. The fourth-order valence-corrected chi connectivity index (χ4v) is 3.91. The molecule has 176 valence electrons. The van der Waals surface area contributed by atoms with Crippen LogP contribution in [0.25, 0.3) is 5.65 Å². The Balaban J connectivity index is 1.28. The Morgan fingerprint density at radius 2 is 2.18 bits per heavy atom. The van der Waals surface area contributed by atoms with Crippen LogP contribution in [0.15, 0.2) is 36.9 Å². The molecule has 10 nitrogen and oxygen atoms in total. The molecule has 1 fully saturated rings. The van der Waals surface area contributed by atoms with E-state index in [9.17, 15) is 14.3 Å². The zero-order valence-electron chi connectivity index (χ0n) is 18.6. The molecule has 0 bridgehead atoms. The maximum absolute atomic E-state index is 14.2. The van der Waals surface area contributed by atoms with Crippen molar-refractivity contribution in [3.8, 4) is 5.75 Å². The van der Waals surface area contributed by atoms with E-state index in [2.05, 4.69) is 32.9 Å². The topological polar surface area (TPSA) is 119 Å². The number of pyridine rings is 2. The first-order valence-corrected chi connectivity index (χ1v) is 11.0. The summed E-state index contributed by atoms with van der Waals surface area (Å²) in [7, 11) is 1.36. The molecule has 1 amide bonds. The Labute approximate surface area is 194 Å². The lowest BCUT2D eigenvalue weighted by atomic mass is 10.1. The van der Waals surface area contributed by atoms with E-state index in [-0.39, 0.29) is 30.3 Å². The highest BCUT2D eigenvalue weighted by atomic mass is 19.1. The maximum Gasteiger partial charge on any atom is 0.273 e. The number of ether oxygens (including phenoxy) is 1. The molecule has 34 heavy (non-hydrogen) atoms. The minimum absolute atomic E-state index is 0.0582. The van der Waals surface area contributed by atoms with Crippen LogP contribution in [-0.4, -0.2) is 54.1 Å². The zero-order valence-corrected chi connectivity index (χ0v) is 18.6. The van der Waals surface area contributed by atoms with Gasteiger partial charge in [-0.3, -0.25) is 9.78 Å². The minimum Gasteiger partial charge on any atom is -0.494 e. The molecule has 1 saturated carbocycles. The van der Waals surface area contributed by atoms with E-state index >= 15 is 0 Å². The van der Waals surface area contributed by atoms with Crippen molar-refractivity contribution in [1.82, 2.24) is 34.7 Å². The number of aromatic nitrogens is 6. The summed E-state index contributed by atoms with van der Waals surface area (Å²) in [5, 5.41) is 20.0. The number of methoxy groups -OCH3 is 1. The van der Waals surface area contributed by atoms with Crippen molar-refractivity contribution in [2.75, 3.05) is 13.7 Å². The SMILES string of the molecule is COc1ccnc(CNC(=O)c2cn(Cc3cn4cc(C5CC5)cc(CCO)c4n3)nn2)c1F. The summed E-state index contributed by atoms with van der Waals surface area (Å²) in [6.07, 6.45) is 9.87. The molecule has 5 rings (SSSR count). The van der Waals surface area contributed by atoms with E-state index in [1.165, 1.54) is 48.7 Å². The number of carbonyl (C=O) groups excluding carboxylic acids is 1. The number of amides is 1. The standard InChI is InChI=1S/C23H24FN7O3/c1-34-20-4-6-25-18(21(20)24)9-26-23(33)19-13-31(29-28-19)12-17-11-30-10-16(14-2-3-14)8-15(5-7-32)22(30)27-17/h4,6,8,10-11,13-14,32H,2-3,5,7,9,12H2,1H3,(H,26,33). The largest absolute Gasteiger partial charge is 0.494 e. The van der Waals surface area contributed by atoms with Crippen LogP contribution in [0.4, 0.5) is 4.39 Å². The van der Waals surface area contributed by atoms with Crippen LogP contribution < -0.4 is 10.1 Å². The van der Waals surface area contributed by atoms with Crippen molar-refractivity contribution in [3.63, 3.8) is 0 Å². The molecule has 0 radical (unpaired) electrons. The third-order valence-corrected chi connectivity index (χ3v) is 5.79. The summed E-state index contributed by atoms with van der Waals surface area (Å²) in [5.74, 6) is -0.468. The molecule has 0 spiro atoms. The van der Waals surface area contributed by atoms with Crippen LogP contribution in [0.1, 0.15) is 51.8 Å². The van der Waals surface area contributed by atoms with Gasteiger partial charge in [0.1, 0.15) is 5.65 Å². The molecule has 1 aliphatic carbocycles. The van der Waals surface area contributed by atoms with E-state index in [0.717, 1.165) is 16.9 Å². The molecule has 2 N–H and O–H groups in total. The highest BCUT2D eigenvalue weighted by molar-refractivity contribution is 5.91. The number of nitrogens with one attached hydrogen (secondary N) is 1. The van der Waals surface area contributed by atoms with E-state index in [1.807, 2.05) is 10.6 Å². The summed E-state index contributed by atoms with van der Waals surface area (Å²) in [4.78, 5) is 21.1. The van der Waals surface area contributed by atoms with Crippen molar-refractivity contribution in [2.45, 2.75) is 38.3 Å². The molecule has 0 atom stereocenters. The van der Waals surface area contributed by atoms with Gasteiger partial charge in [0.25, 0.3) is 5.91 Å². The molecule has 11 heteroatoms. The predicted molar refractivity (Wildman–Crippen MR) is 119 cm³/mol. The molecule has 0 unspecified atom stereocenters. The molecule has 1 aliphatic rings. The van der Waals surface area contributed by atoms with Crippen molar-refractivity contribution in [1.29, 1.82) is 0 Å². The van der Waals surface area contributed by atoms with Gasteiger partial charge in [0.15, 0.2) is 17.3 Å². The molecule has 4 heterocycles. The Morgan fingerprint density at radius 3 is 2.94 bits per heavy atom. The summed E-state index contributed by atoms with van der Waals surface area (Å²) in [6.45, 7) is 0.270. The van der Waals surface area contributed by atoms with Gasteiger partial charge in [0.05, 0.1) is 37.8 Å². The number of nitrogens with zero attached hydrogens (tertiary/aromatic N) is 6. The number of aliphatic hydroxyl groups excluding tert-OH is 1. The van der Waals surface area contributed by atoms with E-state index in [4.69, 9.17) is 9.72 Å². The average molecular weight is 465 g/mol. The maximum atomic E-state index is 14.2. The van der Waals surface area contributed by atoms with Crippen molar-refractivity contribution < 1.29 is 19.0 Å². The second-order valence-corrected chi connectivity index (χ2v) is 8.27. The van der Waals surface area contributed by atoms with Gasteiger partial charge < -0.3 is 19.6 Å². The molecular formula is C23H24FN7O3. The first-order valence-electron chi connectivity index (χ1n) is 11.0. The van der Waals surface area contributed by atoms with Gasteiger partial charge in [0, 0.05) is 31.3 Å². The number of carbonyl (C=O) groups is 1. The number of hydrogen-bond acceptors (Lipinski definition) is 7. The van der Waals surface area contributed by atoms with Gasteiger partial charge in [-0.15, -0.1) is 5.10 Å². The normalized spacial score (nSPS) is 13.4. The van der Waals surface area contributed by atoms with E-state index < -0.39 is 11.7 Å². The van der Waals surface area contributed by atoms with Crippen LogP contribution in [0.3, 0.4) is 0 Å². The number of aliphatic hydroxyl groups is 1. The van der Waals surface area contributed by atoms with E-state index in [0.29, 0.717) is 18.9 Å². The Kier molecular flexibility index (Phi) is 5.93. The monoisotopic (exact) mass is 465 g/mol. The predicted octanol–water partition coefficient (Wildman–Crippen LogP) is 1.86. The average Bonchev–Trinajstić information content (AvgIpc) is 3.45. The van der Waals surface area contributed by atoms with Gasteiger partial charge in [-0.2, -0.15) is 0 Å². The summed E-state index contributed by atoms with van der Waals surface area (Å²) in [5.41, 5.74) is 4.00. The first kappa shape index (κ1) is 22.0. The lowest BCUT2D eigenvalue weighted by molar-refractivity contribution is 0.0945. The fraction of sp³-hybridized carbons (Fsp3) is 0.348. The number of fused-ring (bicyclic) bond motifs is 1. The highest BCUT2D eigenvalue weighted by Gasteiger charge is 2.25. The van der Waals surface area contributed by atoms with Crippen molar-refractivity contribution in [3.05, 3.63) is 70.9 Å². The second-order valence-electron chi connectivity index (χ2n) is 8.27. The second kappa shape index (κ2) is 9.18. The number of rotatable bonds is 9. The highest BCUT2D eigenvalue weighted by Crippen LogP contribution is 2.40. The Bertz CT molecular complexity index is 1350. The van der Waals surface area contributed by atoms with Gasteiger partial charge in [-0.1, -0.05) is 11.3 Å². The number of halogens is 1. The molecule has 0 aliphatic heterocycles. The fourth-order valence-electron chi connectivity index (χ4n) is 3.91. The van der Waals surface area contributed by atoms with Gasteiger partial charge in [-0.05, 0) is 36.3 Å². The Morgan fingerprint density at radius 1 is 1.32 bits per heavy atom. The van der Waals surface area contributed by atoms with Gasteiger partial charge in [-0.25, -0.2) is 14.1 Å². The van der Waals surface area contributed by atoms with Crippen molar-refractivity contribution in [2.24, 2.45) is 0 Å². The van der Waals surface area contributed by atoms with E-state index in [1.54, 1.807) is 0 Å². The first-order chi connectivity index (χ1) is 16.6. The summed E-state index contributed by atoms with van der Waals surface area (Å²) < 4.78 is 22.7. The molecule has 0 aromatic carbocycles. The quantitative estimate of drug-likeness (QED) is 0.387. The van der Waals surface area contributed by atoms with Crippen molar-refractivity contribution >= 4 is 11.6 Å². The minimum atomic E-state index is -0.619. The van der Waals surface area contributed by atoms with Gasteiger partial charge >= 0.3 is 0 Å². The number of hydrogen-bond donors (Lipinski definition) is 2. The third kappa shape index (κ3) is 4.46. The summed E-state index contributed by atoms with van der Waals surface area (Å²) >= 11 is 0. The molecule has 0 saturated heterocycles. The molecular weight excluding hydrogens is 441 g/mol.